The van der Waals surface area contributed by atoms with Gasteiger partial charge in [-0.05, 0) is 12.1 Å². The molecular weight excluding hydrogens is 272 g/mol. The van der Waals surface area contributed by atoms with Crippen LogP contribution in [0.2, 0.25) is 0 Å². The molecule has 7 heteroatoms. The zero-order valence-corrected chi connectivity index (χ0v) is 12.2. The number of ether oxygens (including phenoxy) is 2. The highest BCUT2D eigenvalue weighted by Crippen LogP contribution is 2.28. The van der Waals surface area contributed by atoms with Gasteiger partial charge in [-0.2, -0.15) is 5.10 Å². The molecule has 0 radical (unpaired) electrons. The minimum Gasteiger partial charge on any atom is -0.497 e. The SMILES string of the molecule is COc1ccc(OC)c(NC(=O)NCc2cnn(C)c2)c1. The summed E-state index contributed by atoms with van der Waals surface area (Å²) in [5.74, 6) is 1.20. The Labute approximate surface area is 122 Å². The first-order valence-corrected chi connectivity index (χ1v) is 6.36. The van der Waals surface area contributed by atoms with E-state index in [1.807, 2.05) is 13.2 Å². The number of hydrogen-bond acceptors (Lipinski definition) is 4. The largest absolute Gasteiger partial charge is 0.497 e. The van der Waals surface area contributed by atoms with Gasteiger partial charge in [0.1, 0.15) is 11.5 Å². The molecule has 0 aliphatic heterocycles. The fourth-order valence-corrected chi connectivity index (χ4v) is 1.82. The summed E-state index contributed by atoms with van der Waals surface area (Å²) < 4.78 is 12.0. The molecule has 0 aliphatic rings. The van der Waals surface area contributed by atoms with Crippen LogP contribution in [0.25, 0.3) is 0 Å². The highest BCUT2D eigenvalue weighted by molar-refractivity contribution is 5.91. The third-order valence-corrected chi connectivity index (χ3v) is 2.87. The number of carbonyl (C=O) groups is 1. The molecule has 0 spiro atoms. The molecule has 0 atom stereocenters. The molecule has 0 fully saturated rings. The fourth-order valence-electron chi connectivity index (χ4n) is 1.82. The predicted molar refractivity (Wildman–Crippen MR) is 78.6 cm³/mol. The molecule has 0 bridgehead atoms. The number of aryl methyl sites for hydroxylation is 1. The molecule has 0 saturated carbocycles. The summed E-state index contributed by atoms with van der Waals surface area (Å²) in [6.07, 6.45) is 3.54. The van der Waals surface area contributed by atoms with Crippen LogP contribution in [-0.2, 0) is 13.6 Å². The van der Waals surface area contributed by atoms with Gasteiger partial charge >= 0.3 is 6.03 Å². The predicted octanol–water partition coefficient (Wildman–Crippen LogP) is 1.76. The van der Waals surface area contributed by atoms with Crippen LogP contribution >= 0.6 is 0 Å². The number of benzene rings is 1. The Morgan fingerprint density at radius 3 is 2.76 bits per heavy atom. The van der Waals surface area contributed by atoms with Crippen LogP contribution in [0.3, 0.4) is 0 Å². The van der Waals surface area contributed by atoms with Gasteiger partial charge in [0.25, 0.3) is 0 Å². The summed E-state index contributed by atoms with van der Waals surface area (Å²) in [5.41, 5.74) is 1.46. The first-order chi connectivity index (χ1) is 10.1. The van der Waals surface area contributed by atoms with Crippen molar-refractivity contribution in [2.24, 2.45) is 7.05 Å². The van der Waals surface area contributed by atoms with E-state index in [1.165, 1.54) is 0 Å². The van der Waals surface area contributed by atoms with Crippen molar-refractivity contribution in [1.82, 2.24) is 15.1 Å². The van der Waals surface area contributed by atoms with E-state index < -0.39 is 0 Å². The van der Waals surface area contributed by atoms with Crippen LogP contribution < -0.4 is 20.1 Å². The number of nitrogens with zero attached hydrogens (tertiary/aromatic N) is 2. The lowest BCUT2D eigenvalue weighted by atomic mass is 10.2. The number of methoxy groups -OCH3 is 2. The van der Waals surface area contributed by atoms with E-state index in [1.54, 1.807) is 43.3 Å². The second-order valence-corrected chi connectivity index (χ2v) is 4.40. The van der Waals surface area contributed by atoms with Crippen molar-refractivity contribution in [2.45, 2.75) is 6.54 Å². The second-order valence-electron chi connectivity index (χ2n) is 4.40. The number of amides is 2. The average Bonchev–Trinajstić information content (AvgIpc) is 2.90. The molecule has 0 saturated heterocycles. The van der Waals surface area contributed by atoms with Crippen molar-refractivity contribution in [1.29, 1.82) is 0 Å². The van der Waals surface area contributed by atoms with Crippen LogP contribution in [0.5, 0.6) is 11.5 Å². The lowest BCUT2D eigenvalue weighted by Gasteiger charge is -2.12. The van der Waals surface area contributed by atoms with E-state index in [9.17, 15) is 4.79 Å². The van der Waals surface area contributed by atoms with Gasteiger partial charge in [0, 0.05) is 31.4 Å². The van der Waals surface area contributed by atoms with Crippen molar-refractivity contribution in [3.05, 3.63) is 36.2 Å². The minimum absolute atomic E-state index is 0.328. The standard InChI is InChI=1S/C14H18N4O3/c1-18-9-10(8-16-18)7-15-14(19)17-12-6-11(20-2)4-5-13(12)21-3/h4-6,8-9H,7H2,1-3H3,(H2,15,17,19). The molecule has 2 aromatic rings. The number of aromatic nitrogens is 2. The smallest absolute Gasteiger partial charge is 0.319 e. The minimum atomic E-state index is -0.328. The molecule has 0 aliphatic carbocycles. The molecule has 1 aromatic carbocycles. The van der Waals surface area contributed by atoms with Crippen LogP contribution in [0.4, 0.5) is 10.5 Å². The van der Waals surface area contributed by atoms with Gasteiger partial charge in [0.2, 0.25) is 0 Å². The van der Waals surface area contributed by atoms with Gasteiger partial charge in [0.05, 0.1) is 26.1 Å². The number of nitrogens with one attached hydrogen (secondary N) is 2. The van der Waals surface area contributed by atoms with E-state index in [4.69, 9.17) is 9.47 Å². The first kappa shape index (κ1) is 14.7. The summed E-state index contributed by atoms with van der Waals surface area (Å²) in [5, 5.41) is 9.52. The van der Waals surface area contributed by atoms with E-state index in [0.29, 0.717) is 23.7 Å². The summed E-state index contributed by atoms with van der Waals surface area (Å²) in [6, 6.07) is 4.86. The molecular formula is C14H18N4O3. The van der Waals surface area contributed by atoms with Gasteiger partial charge in [-0.1, -0.05) is 0 Å². The maximum absolute atomic E-state index is 11.9. The average molecular weight is 290 g/mol. The number of rotatable bonds is 5. The van der Waals surface area contributed by atoms with Gasteiger partial charge in [0.15, 0.2) is 0 Å². The van der Waals surface area contributed by atoms with E-state index in [-0.39, 0.29) is 6.03 Å². The second kappa shape index (κ2) is 6.65. The number of carbonyl (C=O) groups excluding carboxylic acids is 1. The molecule has 7 nitrogen and oxygen atoms in total. The highest BCUT2D eigenvalue weighted by atomic mass is 16.5. The van der Waals surface area contributed by atoms with Gasteiger partial charge < -0.3 is 20.1 Å². The monoisotopic (exact) mass is 290 g/mol. The number of urea groups is 1. The molecule has 1 aromatic heterocycles. The molecule has 2 N–H and O–H groups in total. The van der Waals surface area contributed by atoms with Crippen molar-refractivity contribution in [3.63, 3.8) is 0 Å². The maximum Gasteiger partial charge on any atom is 0.319 e. The lowest BCUT2D eigenvalue weighted by Crippen LogP contribution is -2.28. The Morgan fingerprint density at radius 2 is 2.14 bits per heavy atom. The van der Waals surface area contributed by atoms with Gasteiger partial charge in [-0.15, -0.1) is 0 Å². The molecule has 0 unspecified atom stereocenters. The quantitative estimate of drug-likeness (QED) is 0.879. The molecule has 21 heavy (non-hydrogen) atoms. The third kappa shape index (κ3) is 3.88. The van der Waals surface area contributed by atoms with Crippen molar-refractivity contribution in [2.75, 3.05) is 19.5 Å². The van der Waals surface area contributed by atoms with Crippen LogP contribution in [0.15, 0.2) is 30.6 Å². The van der Waals surface area contributed by atoms with Crippen LogP contribution in [0.1, 0.15) is 5.56 Å². The Balaban J connectivity index is 1.98. The fraction of sp³-hybridized carbons (Fsp3) is 0.286. The lowest BCUT2D eigenvalue weighted by molar-refractivity contribution is 0.251. The topological polar surface area (TPSA) is 77.4 Å². The summed E-state index contributed by atoms with van der Waals surface area (Å²) in [7, 11) is 4.93. The highest BCUT2D eigenvalue weighted by Gasteiger charge is 2.09. The zero-order chi connectivity index (χ0) is 15.2. The summed E-state index contributed by atoms with van der Waals surface area (Å²) in [6.45, 7) is 0.395. The van der Waals surface area contributed by atoms with Crippen molar-refractivity contribution < 1.29 is 14.3 Å². The van der Waals surface area contributed by atoms with Gasteiger partial charge in [-0.3, -0.25) is 4.68 Å². The van der Waals surface area contributed by atoms with Gasteiger partial charge in [-0.25, -0.2) is 4.79 Å². The Hall–Kier alpha value is -2.70. The molecule has 2 rings (SSSR count). The molecule has 1 heterocycles. The van der Waals surface area contributed by atoms with E-state index >= 15 is 0 Å². The number of hydrogen-bond donors (Lipinski definition) is 2. The van der Waals surface area contributed by atoms with Crippen molar-refractivity contribution >= 4 is 11.7 Å². The zero-order valence-electron chi connectivity index (χ0n) is 12.2. The van der Waals surface area contributed by atoms with Crippen LogP contribution in [0, 0.1) is 0 Å². The number of anilines is 1. The van der Waals surface area contributed by atoms with E-state index in [2.05, 4.69) is 15.7 Å². The normalized spacial score (nSPS) is 10.0. The van der Waals surface area contributed by atoms with Crippen LogP contribution in [-0.4, -0.2) is 30.0 Å². The Morgan fingerprint density at radius 1 is 1.33 bits per heavy atom. The van der Waals surface area contributed by atoms with Crippen molar-refractivity contribution in [3.8, 4) is 11.5 Å². The third-order valence-electron chi connectivity index (χ3n) is 2.87. The Kier molecular flexibility index (Phi) is 4.65. The molecule has 112 valence electrons. The first-order valence-electron chi connectivity index (χ1n) is 6.36. The summed E-state index contributed by atoms with van der Waals surface area (Å²) in [4.78, 5) is 11.9. The molecule has 2 amide bonds. The summed E-state index contributed by atoms with van der Waals surface area (Å²) >= 11 is 0. The van der Waals surface area contributed by atoms with E-state index in [0.717, 1.165) is 5.56 Å². The maximum atomic E-state index is 11.9. The Bertz CT molecular complexity index is 624.